The number of hydrogen-bond donors (Lipinski definition) is 2. The summed E-state index contributed by atoms with van der Waals surface area (Å²) in [5, 5.41) is 6.31. The molecule has 0 bridgehead atoms. The van der Waals surface area contributed by atoms with Crippen LogP contribution in [0.5, 0.6) is 0 Å². The van der Waals surface area contributed by atoms with Crippen LogP contribution in [0.2, 0.25) is 0 Å². The first-order valence-corrected chi connectivity index (χ1v) is 7.03. The summed E-state index contributed by atoms with van der Waals surface area (Å²) >= 11 is 0. The molecule has 104 valence electrons. The number of carbonyl (C=O) groups excluding carboxylic acids is 1. The van der Waals surface area contributed by atoms with Crippen LogP contribution in [0.4, 0.5) is 5.69 Å². The highest BCUT2D eigenvalue weighted by Crippen LogP contribution is 2.37. The lowest BCUT2D eigenvalue weighted by Crippen LogP contribution is -2.41. The van der Waals surface area contributed by atoms with Crippen LogP contribution in [0, 0.1) is 12.3 Å². The molecule has 1 aliphatic carbocycles. The van der Waals surface area contributed by atoms with Crippen molar-refractivity contribution in [1.29, 1.82) is 0 Å². The van der Waals surface area contributed by atoms with Crippen molar-refractivity contribution in [2.45, 2.75) is 46.1 Å². The SMILES string of the molecule is CNc1ccc(C(=O)NC2CCCC2(C)C)cc1C. The van der Waals surface area contributed by atoms with Gasteiger partial charge in [-0.1, -0.05) is 20.3 Å². The molecule has 0 saturated heterocycles. The van der Waals surface area contributed by atoms with Crippen LogP contribution < -0.4 is 10.6 Å². The minimum absolute atomic E-state index is 0.0470. The molecule has 2 rings (SSSR count). The average molecular weight is 260 g/mol. The molecule has 1 aliphatic rings. The van der Waals surface area contributed by atoms with E-state index >= 15 is 0 Å². The molecular formula is C16H24N2O. The molecule has 1 amide bonds. The Kier molecular flexibility index (Phi) is 3.83. The van der Waals surface area contributed by atoms with Gasteiger partial charge in [0.25, 0.3) is 5.91 Å². The van der Waals surface area contributed by atoms with Crippen LogP contribution in [0.1, 0.15) is 49.0 Å². The van der Waals surface area contributed by atoms with Gasteiger partial charge in [0.2, 0.25) is 0 Å². The summed E-state index contributed by atoms with van der Waals surface area (Å²) in [7, 11) is 1.89. The molecule has 1 aromatic carbocycles. The van der Waals surface area contributed by atoms with E-state index in [-0.39, 0.29) is 11.3 Å². The first-order chi connectivity index (χ1) is 8.94. The van der Waals surface area contributed by atoms with Crippen molar-refractivity contribution in [2.75, 3.05) is 12.4 Å². The lowest BCUT2D eigenvalue weighted by Gasteiger charge is -2.27. The first kappa shape index (κ1) is 13.9. The smallest absolute Gasteiger partial charge is 0.251 e. The minimum Gasteiger partial charge on any atom is -0.388 e. The second kappa shape index (κ2) is 5.24. The molecule has 0 radical (unpaired) electrons. The molecule has 0 heterocycles. The van der Waals surface area contributed by atoms with Gasteiger partial charge in [-0.15, -0.1) is 0 Å². The number of aryl methyl sites for hydroxylation is 1. The van der Waals surface area contributed by atoms with Crippen LogP contribution in [-0.4, -0.2) is 19.0 Å². The molecule has 3 nitrogen and oxygen atoms in total. The number of amides is 1. The fraction of sp³-hybridized carbons (Fsp3) is 0.562. The van der Waals surface area contributed by atoms with Crippen molar-refractivity contribution in [3.8, 4) is 0 Å². The minimum atomic E-state index is 0.0470. The van der Waals surface area contributed by atoms with E-state index in [9.17, 15) is 4.79 Å². The highest BCUT2D eigenvalue weighted by Gasteiger charge is 2.35. The Labute approximate surface area is 115 Å². The number of carbonyl (C=O) groups is 1. The van der Waals surface area contributed by atoms with Crippen LogP contribution >= 0.6 is 0 Å². The third-order valence-electron chi connectivity index (χ3n) is 4.32. The first-order valence-electron chi connectivity index (χ1n) is 7.03. The zero-order chi connectivity index (χ0) is 14.0. The molecule has 0 spiro atoms. The van der Waals surface area contributed by atoms with Gasteiger partial charge in [-0.2, -0.15) is 0 Å². The number of rotatable bonds is 3. The molecule has 1 unspecified atom stereocenters. The molecule has 19 heavy (non-hydrogen) atoms. The number of hydrogen-bond acceptors (Lipinski definition) is 2. The lowest BCUT2D eigenvalue weighted by molar-refractivity contribution is 0.0910. The van der Waals surface area contributed by atoms with E-state index in [1.54, 1.807) is 0 Å². The van der Waals surface area contributed by atoms with Crippen molar-refractivity contribution in [3.05, 3.63) is 29.3 Å². The van der Waals surface area contributed by atoms with Gasteiger partial charge in [0.1, 0.15) is 0 Å². The van der Waals surface area contributed by atoms with Gasteiger partial charge in [-0.3, -0.25) is 4.79 Å². The summed E-state index contributed by atoms with van der Waals surface area (Å²) in [6, 6.07) is 6.09. The van der Waals surface area contributed by atoms with Crippen LogP contribution in [0.15, 0.2) is 18.2 Å². The Balaban J connectivity index is 2.10. The predicted octanol–water partition coefficient (Wildman–Crippen LogP) is 3.35. The Morgan fingerprint density at radius 3 is 2.63 bits per heavy atom. The third kappa shape index (κ3) is 2.91. The molecule has 1 fully saturated rings. The maximum atomic E-state index is 12.3. The van der Waals surface area contributed by atoms with Gasteiger partial charge in [-0.05, 0) is 48.9 Å². The number of anilines is 1. The Morgan fingerprint density at radius 2 is 2.11 bits per heavy atom. The fourth-order valence-corrected chi connectivity index (χ4v) is 2.92. The van der Waals surface area contributed by atoms with Crippen LogP contribution in [0.3, 0.4) is 0 Å². The highest BCUT2D eigenvalue weighted by molar-refractivity contribution is 5.95. The molecule has 2 N–H and O–H groups in total. The summed E-state index contributed by atoms with van der Waals surface area (Å²) in [4.78, 5) is 12.3. The maximum Gasteiger partial charge on any atom is 0.251 e. The number of benzene rings is 1. The summed E-state index contributed by atoms with van der Waals surface area (Å²) in [6.45, 7) is 6.49. The quantitative estimate of drug-likeness (QED) is 0.875. The average Bonchev–Trinajstić information content (AvgIpc) is 2.68. The van der Waals surface area contributed by atoms with Crippen molar-refractivity contribution >= 4 is 11.6 Å². The summed E-state index contributed by atoms with van der Waals surface area (Å²) in [6.07, 6.45) is 3.48. The van der Waals surface area contributed by atoms with Crippen molar-refractivity contribution in [2.24, 2.45) is 5.41 Å². The predicted molar refractivity (Wildman–Crippen MR) is 79.6 cm³/mol. The van der Waals surface area contributed by atoms with Gasteiger partial charge >= 0.3 is 0 Å². The standard InChI is InChI=1S/C16H24N2O/c1-11-10-12(7-8-13(11)17-4)15(19)18-14-6-5-9-16(14,2)3/h7-8,10,14,17H,5-6,9H2,1-4H3,(H,18,19). The summed E-state index contributed by atoms with van der Waals surface area (Å²) < 4.78 is 0. The Hall–Kier alpha value is -1.51. The topological polar surface area (TPSA) is 41.1 Å². The van der Waals surface area contributed by atoms with Crippen molar-refractivity contribution < 1.29 is 4.79 Å². The van der Waals surface area contributed by atoms with E-state index in [0.29, 0.717) is 6.04 Å². The van der Waals surface area contributed by atoms with E-state index in [1.807, 2.05) is 32.2 Å². The maximum absolute atomic E-state index is 12.3. The Bertz CT molecular complexity index is 480. The molecule has 1 aromatic rings. The fourth-order valence-electron chi connectivity index (χ4n) is 2.92. The monoisotopic (exact) mass is 260 g/mol. The second-order valence-electron chi connectivity index (χ2n) is 6.19. The third-order valence-corrected chi connectivity index (χ3v) is 4.32. The van der Waals surface area contributed by atoms with Crippen LogP contribution in [-0.2, 0) is 0 Å². The van der Waals surface area contributed by atoms with Crippen molar-refractivity contribution in [3.63, 3.8) is 0 Å². The van der Waals surface area contributed by atoms with E-state index in [1.165, 1.54) is 12.8 Å². The van der Waals surface area contributed by atoms with Gasteiger partial charge in [0.15, 0.2) is 0 Å². The number of nitrogens with one attached hydrogen (secondary N) is 2. The van der Waals surface area contributed by atoms with Gasteiger partial charge < -0.3 is 10.6 Å². The van der Waals surface area contributed by atoms with E-state index < -0.39 is 0 Å². The highest BCUT2D eigenvalue weighted by atomic mass is 16.1. The van der Waals surface area contributed by atoms with Gasteiger partial charge in [0.05, 0.1) is 0 Å². The molecule has 0 aliphatic heterocycles. The zero-order valence-electron chi connectivity index (χ0n) is 12.3. The van der Waals surface area contributed by atoms with E-state index in [4.69, 9.17) is 0 Å². The largest absolute Gasteiger partial charge is 0.388 e. The normalized spacial score (nSPS) is 21.2. The van der Waals surface area contributed by atoms with E-state index in [0.717, 1.165) is 23.2 Å². The Morgan fingerprint density at radius 1 is 1.37 bits per heavy atom. The molecule has 3 heteroatoms. The van der Waals surface area contributed by atoms with Gasteiger partial charge in [0, 0.05) is 24.3 Å². The van der Waals surface area contributed by atoms with E-state index in [2.05, 4.69) is 24.5 Å². The van der Waals surface area contributed by atoms with Crippen LogP contribution in [0.25, 0.3) is 0 Å². The molecule has 1 saturated carbocycles. The summed E-state index contributed by atoms with van der Waals surface area (Å²) in [5.41, 5.74) is 3.13. The summed E-state index contributed by atoms with van der Waals surface area (Å²) in [5.74, 6) is 0.0470. The lowest BCUT2D eigenvalue weighted by atomic mass is 9.87. The second-order valence-corrected chi connectivity index (χ2v) is 6.19. The van der Waals surface area contributed by atoms with Gasteiger partial charge in [-0.25, -0.2) is 0 Å². The zero-order valence-corrected chi connectivity index (χ0v) is 12.3. The molecule has 1 atom stereocenters. The molecular weight excluding hydrogens is 236 g/mol. The molecule has 0 aromatic heterocycles. The van der Waals surface area contributed by atoms with Crippen molar-refractivity contribution in [1.82, 2.24) is 5.32 Å².